The number of carbonyl (C=O) groups is 1. The lowest BCUT2D eigenvalue weighted by molar-refractivity contribution is -0.146. The molecule has 5 heteroatoms. The second-order valence-electron chi connectivity index (χ2n) is 5.57. The number of aliphatic hydroxyl groups is 1. The summed E-state index contributed by atoms with van der Waals surface area (Å²) in [5.74, 6) is -0.932. The van der Waals surface area contributed by atoms with E-state index >= 15 is 0 Å². The molecule has 0 unspecified atom stereocenters. The molecule has 2 N–H and O–H groups in total. The van der Waals surface area contributed by atoms with Gasteiger partial charge in [-0.05, 0) is 31.0 Å². The number of hydrogen-bond donors (Lipinski definition) is 2. The van der Waals surface area contributed by atoms with Gasteiger partial charge in [0.1, 0.15) is 6.10 Å². The molecule has 0 aliphatic rings. The zero-order chi connectivity index (χ0) is 13.0. The summed E-state index contributed by atoms with van der Waals surface area (Å²) in [5.41, 5.74) is 0. The summed E-state index contributed by atoms with van der Waals surface area (Å²) in [5, 5.41) is 17.8. The standard InChI is InChI=1S/C11H24O4Si/c1-11(2,3)16(4,5)15-9(10(13)14)7-6-8-12/h9,12H,6-8H2,1-5H3,(H,13,14)/t9-/m1/s1. The van der Waals surface area contributed by atoms with E-state index in [1.54, 1.807) is 0 Å². The molecule has 16 heavy (non-hydrogen) atoms. The molecule has 0 spiro atoms. The molecule has 0 aliphatic heterocycles. The van der Waals surface area contributed by atoms with Gasteiger partial charge in [0.05, 0.1) is 0 Å². The Morgan fingerprint density at radius 2 is 1.88 bits per heavy atom. The van der Waals surface area contributed by atoms with E-state index in [9.17, 15) is 4.79 Å². The fourth-order valence-corrected chi connectivity index (χ4v) is 2.33. The van der Waals surface area contributed by atoms with E-state index in [1.807, 2.05) is 13.1 Å². The average Bonchev–Trinajstić information content (AvgIpc) is 2.09. The third kappa shape index (κ3) is 4.63. The summed E-state index contributed by atoms with van der Waals surface area (Å²) >= 11 is 0. The molecule has 0 rings (SSSR count). The van der Waals surface area contributed by atoms with Gasteiger partial charge in [-0.15, -0.1) is 0 Å². The van der Waals surface area contributed by atoms with Gasteiger partial charge in [0.25, 0.3) is 0 Å². The van der Waals surface area contributed by atoms with E-state index in [0.717, 1.165) is 0 Å². The van der Waals surface area contributed by atoms with Crippen molar-refractivity contribution in [3.63, 3.8) is 0 Å². The SMILES string of the molecule is CC(C)(C)[Si](C)(C)O[C@H](CCCO)C(=O)O. The Morgan fingerprint density at radius 1 is 1.38 bits per heavy atom. The predicted octanol–water partition coefficient (Wildman–Crippen LogP) is 2.23. The van der Waals surface area contributed by atoms with Crippen molar-refractivity contribution >= 4 is 14.3 Å². The van der Waals surface area contributed by atoms with Crippen LogP contribution in [0.3, 0.4) is 0 Å². The Kier molecular flexibility index (Phi) is 5.65. The van der Waals surface area contributed by atoms with Gasteiger partial charge >= 0.3 is 5.97 Å². The highest BCUT2D eigenvalue weighted by molar-refractivity contribution is 6.74. The van der Waals surface area contributed by atoms with Crippen LogP contribution in [0.15, 0.2) is 0 Å². The minimum atomic E-state index is -2.04. The highest BCUT2D eigenvalue weighted by Gasteiger charge is 2.40. The summed E-state index contributed by atoms with van der Waals surface area (Å²) in [6, 6.07) is 0. The zero-order valence-electron chi connectivity index (χ0n) is 10.9. The van der Waals surface area contributed by atoms with Crippen LogP contribution in [0.25, 0.3) is 0 Å². The van der Waals surface area contributed by atoms with Crippen LogP contribution in [0.1, 0.15) is 33.6 Å². The molecule has 0 saturated heterocycles. The molecule has 0 aromatic rings. The molecule has 0 aromatic carbocycles. The molecule has 0 radical (unpaired) electrons. The molecule has 1 atom stereocenters. The smallest absolute Gasteiger partial charge is 0.331 e. The molecule has 0 fully saturated rings. The van der Waals surface area contributed by atoms with Crippen LogP contribution in [0, 0.1) is 0 Å². The molecule has 0 aliphatic carbocycles. The first-order valence-corrected chi connectivity index (χ1v) is 8.54. The van der Waals surface area contributed by atoms with Gasteiger partial charge in [0.15, 0.2) is 8.32 Å². The molecule has 4 nitrogen and oxygen atoms in total. The summed E-state index contributed by atoms with van der Waals surface area (Å²) in [7, 11) is -2.04. The largest absolute Gasteiger partial charge is 0.479 e. The molecular formula is C11H24O4Si. The lowest BCUT2D eigenvalue weighted by Gasteiger charge is -2.38. The quantitative estimate of drug-likeness (QED) is 0.707. The number of aliphatic hydroxyl groups excluding tert-OH is 1. The highest BCUT2D eigenvalue weighted by atomic mass is 28.4. The number of carboxylic acid groups (broad SMARTS) is 1. The van der Waals surface area contributed by atoms with Crippen LogP contribution in [-0.4, -0.2) is 37.2 Å². The monoisotopic (exact) mass is 248 g/mol. The van der Waals surface area contributed by atoms with Crippen LogP contribution in [-0.2, 0) is 9.22 Å². The topological polar surface area (TPSA) is 66.8 Å². The predicted molar refractivity (Wildman–Crippen MR) is 66.0 cm³/mol. The van der Waals surface area contributed by atoms with Gasteiger partial charge in [-0.2, -0.15) is 0 Å². The van der Waals surface area contributed by atoms with E-state index in [4.69, 9.17) is 14.6 Å². The van der Waals surface area contributed by atoms with Gasteiger partial charge in [-0.1, -0.05) is 20.8 Å². The molecule has 0 bridgehead atoms. The van der Waals surface area contributed by atoms with Gasteiger partial charge in [-0.3, -0.25) is 0 Å². The fourth-order valence-electron chi connectivity index (χ4n) is 1.04. The zero-order valence-corrected chi connectivity index (χ0v) is 11.9. The minimum absolute atomic E-state index is 0.0000847. The van der Waals surface area contributed by atoms with E-state index in [1.165, 1.54) is 0 Å². The van der Waals surface area contributed by atoms with Crippen molar-refractivity contribution in [1.82, 2.24) is 0 Å². The van der Waals surface area contributed by atoms with Crippen molar-refractivity contribution in [2.75, 3.05) is 6.61 Å². The normalized spacial score (nSPS) is 14.9. The maximum Gasteiger partial charge on any atom is 0.331 e. The Labute approximate surface area is 98.8 Å². The molecule has 0 heterocycles. The van der Waals surface area contributed by atoms with Gasteiger partial charge in [-0.25, -0.2) is 4.79 Å². The molecule has 0 saturated carbocycles. The van der Waals surface area contributed by atoms with E-state index in [0.29, 0.717) is 12.8 Å². The summed E-state index contributed by atoms with van der Waals surface area (Å²) in [6.07, 6.45) is 0.0530. The maximum atomic E-state index is 11.0. The fraction of sp³-hybridized carbons (Fsp3) is 0.909. The van der Waals surface area contributed by atoms with Gasteiger partial charge < -0.3 is 14.6 Å². The first-order valence-electron chi connectivity index (χ1n) is 5.63. The Hall–Kier alpha value is -0.393. The van der Waals surface area contributed by atoms with Crippen LogP contribution in [0.5, 0.6) is 0 Å². The lowest BCUT2D eigenvalue weighted by Crippen LogP contribution is -2.46. The van der Waals surface area contributed by atoms with E-state index < -0.39 is 20.4 Å². The average molecular weight is 248 g/mol. The van der Waals surface area contributed by atoms with Crippen LogP contribution in [0.2, 0.25) is 18.1 Å². The van der Waals surface area contributed by atoms with Crippen molar-refractivity contribution in [3.8, 4) is 0 Å². The van der Waals surface area contributed by atoms with Crippen LogP contribution in [0.4, 0.5) is 0 Å². The molecule has 0 amide bonds. The molecule has 96 valence electrons. The molecular weight excluding hydrogens is 224 g/mol. The van der Waals surface area contributed by atoms with Gasteiger partial charge in [0, 0.05) is 6.61 Å². The second kappa shape index (κ2) is 5.79. The first kappa shape index (κ1) is 15.6. The van der Waals surface area contributed by atoms with Gasteiger partial charge in [0.2, 0.25) is 0 Å². The van der Waals surface area contributed by atoms with Crippen molar-refractivity contribution in [1.29, 1.82) is 0 Å². The summed E-state index contributed by atoms with van der Waals surface area (Å²) < 4.78 is 5.79. The summed E-state index contributed by atoms with van der Waals surface area (Å²) in [4.78, 5) is 11.0. The number of aliphatic carboxylic acids is 1. The van der Waals surface area contributed by atoms with Crippen molar-refractivity contribution in [3.05, 3.63) is 0 Å². The highest BCUT2D eigenvalue weighted by Crippen LogP contribution is 2.37. The summed E-state index contributed by atoms with van der Waals surface area (Å²) in [6.45, 7) is 10.3. The number of hydrogen-bond acceptors (Lipinski definition) is 3. The second-order valence-corrected chi connectivity index (χ2v) is 10.3. The third-order valence-corrected chi connectivity index (χ3v) is 7.63. The van der Waals surface area contributed by atoms with Crippen molar-refractivity contribution in [2.45, 2.75) is 57.8 Å². The van der Waals surface area contributed by atoms with E-state index in [2.05, 4.69) is 20.8 Å². The maximum absolute atomic E-state index is 11.0. The third-order valence-electron chi connectivity index (χ3n) is 3.14. The van der Waals surface area contributed by atoms with Crippen LogP contribution >= 0.6 is 0 Å². The molecule has 0 aromatic heterocycles. The number of carboxylic acids is 1. The van der Waals surface area contributed by atoms with E-state index in [-0.39, 0.29) is 11.6 Å². The Balaban J connectivity index is 4.56. The Bertz CT molecular complexity index is 233. The first-order chi connectivity index (χ1) is 7.12. The Morgan fingerprint density at radius 3 is 2.19 bits per heavy atom. The van der Waals surface area contributed by atoms with Crippen molar-refractivity contribution < 1.29 is 19.4 Å². The minimum Gasteiger partial charge on any atom is -0.479 e. The van der Waals surface area contributed by atoms with Crippen molar-refractivity contribution in [2.24, 2.45) is 0 Å². The number of rotatable bonds is 6. The van der Waals surface area contributed by atoms with Crippen LogP contribution < -0.4 is 0 Å². The lowest BCUT2D eigenvalue weighted by atomic mass is 10.2.